The van der Waals surface area contributed by atoms with Crippen molar-refractivity contribution in [1.82, 2.24) is 0 Å². The summed E-state index contributed by atoms with van der Waals surface area (Å²) in [5.74, 6) is -0.421. The smallest absolute Gasteiger partial charge is 0.300 e. The Morgan fingerprint density at radius 1 is 1.00 bits per heavy atom. The van der Waals surface area contributed by atoms with Crippen molar-refractivity contribution in [3.8, 4) is 16.9 Å². The molecule has 0 aliphatic heterocycles. The average molecular weight is 289 g/mol. The van der Waals surface area contributed by atoms with E-state index in [1.54, 1.807) is 36.4 Å². The molecule has 0 fully saturated rings. The van der Waals surface area contributed by atoms with E-state index in [1.807, 2.05) is 12.1 Å². The number of hydrogen-bond donors (Lipinski definition) is 1. The molecule has 2 aromatic carbocycles. The standard InChI is InChI=1S/C14H11NO4S/c1-15-13-6-2-11(3-7-13)12-4-8-14(9-5-12)19-10-20(16,17)18/h2-9H,10H2,(H,16,17,18). The van der Waals surface area contributed by atoms with Gasteiger partial charge >= 0.3 is 10.1 Å². The summed E-state index contributed by atoms with van der Waals surface area (Å²) in [6, 6.07) is 13.9. The molecule has 0 aromatic heterocycles. The third kappa shape index (κ3) is 3.82. The normalized spacial score (nSPS) is 10.8. The highest BCUT2D eigenvalue weighted by Gasteiger charge is 2.05. The van der Waals surface area contributed by atoms with Crippen LogP contribution in [0.1, 0.15) is 0 Å². The molecule has 1 N–H and O–H groups in total. The largest absolute Gasteiger partial charge is 0.475 e. The maximum absolute atomic E-state index is 10.6. The summed E-state index contributed by atoms with van der Waals surface area (Å²) >= 11 is 0. The van der Waals surface area contributed by atoms with E-state index in [2.05, 4.69) is 4.85 Å². The number of hydrogen-bond acceptors (Lipinski definition) is 3. The SMILES string of the molecule is [C-]#[N+]c1ccc(-c2ccc(OCS(=O)(=O)O)cc2)cc1. The molecule has 0 saturated heterocycles. The average Bonchev–Trinajstić information content (AvgIpc) is 2.45. The molecule has 0 radical (unpaired) electrons. The number of ether oxygens (including phenoxy) is 1. The first kappa shape index (κ1) is 14.1. The van der Waals surface area contributed by atoms with Crippen LogP contribution in [0.25, 0.3) is 16.0 Å². The molecule has 0 bridgehead atoms. The van der Waals surface area contributed by atoms with E-state index in [-0.39, 0.29) is 0 Å². The van der Waals surface area contributed by atoms with Crippen molar-refractivity contribution in [3.05, 3.63) is 59.9 Å². The first-order valence-electron chi connectivity index (χ1n) is 5.64. The third-order valence-electron chi connectivity index (χ3n) is 2.56. The van der Waals surface area contributed by atoms with Gasteiger partial charge in [-0.15, -0.1) is 0 Å². The Hall–Kier alpha value is -2.36. The lowest BCUT2D eigenvalue weighted by atomic mass is 10.1. The Morgan fingerprint density at radius 3 is 1.95 bits per heavy atom. The molecule has 5 nitrogen and oxygen atoms in total. The Labute approximate surface area is 117 Å². The van der Waals surface area contributed by atoms with Crippen LogP contribution in [-0.2, 0) is 10.1 Å². The second-order valence-electron chi connectivity index (χ2n) is 4.03. The summed E-state index contributed by atoms with van der Waals surface area (Å²) in [7, 11) is -4.14. The Kier molecular flexibility index (Phi) is 4.03. The van der Waals surface area contributed by atoms with Gasteiger partial charge in [-0.25, -0.2) is 4.85 Å². The van der Waals surface area contributed by atoms with Crippen LogP contribution in [0.5, 0.6) is 5.75 Å². The summed E-state index contributed by atoms with van der Waals surface area (Å²) < 4.78 is 34.6. The van der Waals surface area contributed by atoms with Gasteiger partial charge < -0.3 is 4.74 Å². The van der Waals surface area contributed by atoms with E-state index in [0.717, 1.165) is 11.1 Å². The van der Waals surface area contributed by atoms with E-state index in [4.69, 9.17) is 15.9 Å². The molecule has 0 unspecified atom stereocenters. The minimum atomic E-state index is -4.14. The monoisotopic (exact) mass is 289 g/mol. The van der Waals surface area contributed by atoms with E-state index in [9.17, 15) is 8.42 Å². The van der Waals surface area contributed by atoms with Gasteiger partial charge in [0, 0.05) is 0 Å². The van der Waals surface area contributed by atoms with Crippen molar-refractivity contribution in [2.75, 3.05) is 5.94 Å². The van der Waals surface area contributed by atoms with Gasteiger partial charge in [0.15, 0.2) is 5.69 Å². The van der Waals surface area contributed by atoms with Gasteiger partial charge in [-0.1, -0.05) is 36.4 Å². The van der Waals surface area contributed by atoms with Crippen molar-refractivity contribution in [2.24, 2.45) is 0 Å². The van der Waals surface area contributed by atoms with E-state index in [1.165, 1.54) is 0 Å². The van der Waals surface area contributed by atoms with Crippen molar-refractivity contribution in [3.63, 3.8) is 0 Å². The summed E-state index contributed by atoms with van der Waals surface area (Å²) in [6.07, 6.45) is 0. The zero-order valence-corrected chi connectivity index (χ0v) is 11.2. The molecule has 2 rings (SSSR count). The fraction of sp³-hybridized carbons (Fsp3) is 0.0714. The van der Waals surface area contributed by atoms with Crippen LogP contribution >= 0.6 is 0 Å². The van der Waals surface area contributed by atoms with Crippen molar-refractivity contribution >= 4 is 15.8 Å². The number of rotatable bonds is 4. The van der Waals surface area contributed by atoms with E-state index >= 15 is 0 Å². The molecule has 0 atom stereocenters. The molecule has 0 saturated carbocycles. The summed E-state index contributed by atoms with van der Waals surface area (Å²) in [5, 5.41) is 0. The van der Waals surface area contributed by atoms with Gasteiger partial charge in [-0.3, -0.25) is 4.55 Å². The number of nitrogens with zero attached hydrogens (tertiary/aromatic N) is 1. The van der Waals surface area contributed by atoms with E-state index < -0.39 is 16.1 Å². The van der Waals surface area contributed by atoms with Gasteiger partial charge in [-0.05, 0) is 23.3 Å². The van der Waals surface area contributed by atoms with Crippen LogP contribution in [-0.4, -0.2) is 18.9 Å². The maximum Gasteiger partial charge on any atom is 0.300 e. The number of benzene rings is 2. The molecule has 6 heteroatoms. The van der Waals surface area contributed by atoms with Crippen molar-refractivity contribution in [1.29, 1.82) is 0 Å². The zero-order chi connectivity index (χ0) is 14.6. The fourth-order valence-corrected chi connectivity index (χ4v) is 1.90. The highest BCUT2D eigenvalue weighted by atomic mass is 32.2. The lowest BCUT2D eigenvalue weighted by Crippen LogP contribution is -2.10. The second-order valence-corrected chi connectivity index (χ2v) is 5.43. The lowest BCUT2D eigenvalue weighted by molar-refractivity contribution is 0.353. The highest BCUT2D eigenvalue weighted by molar-refractivity contribution is 7.85. The minimum absolute atomic E-state index is 0.351. The van der Waals surface area contributed by atoms with E-state index in [0.29, 0.717) is 11.4 Å². The van der Waals surface area contributed by atoms with Crippen molar-refractivity contribution < 1.29 is 17.7 Å². The maximum atomic E-state index is 10.6. The molecule has 102 valence electrons. The predicted molar refractivity (Wildman–Crippen MR) is 75.2 cm³/mol. The second kappa shape index (κ2) is 5.74. The summed E-state index contributed by atoms with van der Waals surface area (Å²) in [4.78, 5) is 3.32. The highest BCUT2D eigenvalue weighted by Crippen LogP contribution is 2.24. The third-order valence-corrected chi connectivity index (χ3v) is 2.97. The molecule has 20 heavy (non-hydrogen) atoms. The summed E-state index contributed by atoms with van der Waals surface area (Å²) in [5.41, 5.74) is 2.43. The first-order valence-corrected chi connectivity index (χ1v) is 7.25. The molecule has 0 aliphatic rings. The van der Waals surface area contributed by atoms with Gasteiger partial charge in [0.1, 0.15) is 5.75 Å². The quantitative estimate of drug-likeness (QED) is 0.693. The molecular weight excluding hydrogens is 278 g/mol. The van der Waals surface area contributed by atoms with Gasteiger partial charge in [0.05, 0.1) is 6.57 Å². The predicted octanol–water partition coefficient (Wildman–Crippen LogP) is 3.13. The van der Waals surface area contributed by atoms with Crippen LogP contribution in [0.2, 0.25) is 0 Å². The lowest BCUT2D eigenvalue weighted by Gasteiger charge is -2.06. The molecule has 0 spiro atoms. The molecular formula is C14H11NO4S. The van der Waals surface area contributed by atoms with Crippen LogP contribution in [0.15, 0.2) is 48.5 Å². The Bertz CT molecular complexity index is 728. The Balaban J connectivity index is 2.13. The molecule has 0 amide bonds. The van der Waals surface area contributed by atoms with Crippen LogP contribution in [0.4, 0.5) is 5.69 Å². The summed E-state index contributed by atoms with van der Waals surface area (Å²) in [6.45, 7) is 6.88. The molecule has 0 heterocycles. The van der Waals surface area contributed by atoms with Gasteiger partial charge in [0.25, 0.3) is 0 Å². The minimum Gasteiger partial charge on any atom is -0.475 e. The molecule has 2 aromatic rings. The molecule has 0 aliphatic carbocycles. The van der Waals surface area contributed by atoms with Gasteiger partial charge in [0.2, 0.25) is 5.94 Å². The zero-order valence-electron chi connectivity index (χ0n) is 10.4. The van der Waals surface area contributed by atoms with Crippen LogP contribution < -0.4 is 4.74 Å². The van der Waals surface area contributed by atoms with Gasteiger partial charge in [-0.2, -0.15) is 8.42 Å². The first-order chi connectivity index (χ1) is 9.48. The van der Waals surface area contributed by atoms with Crippen LogP contribution in [0.3, 0.4) is 0 Å². The van der Waals surface area contributed by atoms with Crippen molar-refractivity contribution in [2.45, 2.75) is 0 Å². The Morgan fingerprint density at radius 2 is 1.50 bits per heavy atom. The van der Waals surface area contributed by atoms with Crippen LogP contribution in [0, 0.1) is 6.57 Å². The fourth-order valence-electron chi connectivity index (χ4n) is 1.61. The topological polar surface area (TPSA) is 68.0 Å².